The maximum absolute atomic E-state index is 5.71. The van der Waals surface area contributed by atoms with Crippen LogP contribution in [0.2, 0.25) is 0 Å². The van der Waals surface area contributed by atoms with Gasteiger partial charge in [-0.3, -0.25) is 0 Å². The van der Waals surface area contributed by atoms with Crippen molar-refractivity contribution in [1.82, 2.24) is 15.3 Å². The standard InChI is InChI=1S/C14H25N3O/c1-7-18-14(5,6)13-16-11(4)8-12(17-13)9-15-10(2)3/h8,10,15H,7,9H2,1-6H3. The van der Waals surface area contributed by atoms with Gasteiger partial charge in [0.25, 0.3) is 0 Å². The Kier molecular flexibility index (Phi) is 5.23. The van der Waals surface area contributed by atoms with Crippen LogP contribution in [0.1, 0.15) is 51.8 Å². The van der Waals surface area contributed by atoms with Gasteiger partial charge < -0.3 is 10.1 Å². The van der Waals surface area contributed by atoms with E-state index in [1.54, 1.807) is 0 Å². The van der Waals surface area contributed by atoms with Gasteiger partial charge in [-0.05, 0) is 33.8 Å². The third-order valence-electron chi connectivity index (χ3n) is 2.64. The number of hydrogen-bond donors (Lipinski definition) is 1. The second-order valence-corrected chi connectivity index (χ2v) is 5.30. The van der Waals surface area contributed by atoms with E-state index in [-0.39, 0.29) is 0 Å². The van der Waals surface area contributed by atoms with E-state index >= 15 is 0 Å². The zero-order chi connectivity index (χ0) is 13.8. The molecule has 4 nitrogen and oxygen atoms in total. The van der Waals surface area contributed by atoms with Crippen LogP contribution in [0.5, 0.6) is 0 Å². The van der Waals surface area contributed by atoms with E-state index in [4.69, 9.17) is 4.74 Å². The van der Waals surface area contributed by atoms with E-state index < -0.39 is 5.60 Å². The predicted molar refractivity (Wildman–Crippen MR) is 73.4 cm³/mol. The molecule has 1 aromatic rings. The van der Waals surface area contributed by atoms with Crippen molar-refractivity contribution in [2.75, 3.05) is 6.61 Å². The van der Waals surface area contributed by atoms with Gasteiger partial charge in [-0.15, -0.1) is 0 Å². The monoisotopic (exact) mass is 251 g/mol. The third-order valence-corrected chi connectivity index (χ3v) is 2.64. The Morgan fingerprint density at radius 3 is 2.56 bits per heavy atom. The Morgan fingerprint density at radius 1 is 1.33 bits per heavy atom. The summed E-state index contributed by atoms with van der Waals surface area (Å²) in [4.78, 5) is 9.08. The molecular weight excluding hydrogens is 226 g/mol. The SMILES string of the molecule is CCOC(C)(C)c1nc(C)cc(CNC(C)C)n1. The molecule has 0 aliphatic carbocycles. The van der Waals surface area contributed by atoms with Crippen molar-refractivity contribution < 1.29 is 4.74 Å². The van der Waals surface area contributed by atoms with Crippen LogP contribution in [-0.4, -0.2) is 22.6 Å². The number of rotatable bonds is 6. The minimum Gasteiger partial charge on any atom is -0.368 e. The molecule has 0 saturated carbocycles. The molecular formula is C14H25N3O. The summed E-state index contributed by atoms with van der Waals surface area (Å²) in [5.41, 5.74) is 1.56. The Bertz CT molecular complexity index is 389. The molecule has 1 heterocycles. The fraction of sp³-hybridized carbons (Fsp3) is 0.714. The molecule has 0 unspecified atom stereocenters. The molecule has 102 valence electrons. The van der Waals surface area contributed by atoms with Gasteiger partial charge in [0.2, 0.25) is 0 Å². The van der Waals surface area contributed by atoms with E-state index in [0.717, 1.165) is 23.8 Å². The Balaban J connectivity index is 2.93. The van der Waals surface area contributed by atoms with Crippen LogP contribution in [0, 0.1) is 6.92 Å². The molecule has 18 heavy (non-hydrogen) atoms. The lowest BCUT2D eigenvalue weighted by Gasteiger charge is -2.23. The minimum absolute atomic E-state index is 0.437. The molecule has 4 heteroatoms. The Hall–Kier alpha value is -1.00. The first-order valence-corrected chi connectivity index (χ1v) is 6.57. The van der Waals surface area contributed by atoms with Gasteiger partial charge in [-0.2, -0.15) is 0 Å². The highest BCUT2D eigenvalue weighted by Crippen LogP contribution is 2.21. The third kappa shape index (κ3) is 4.35. The summed E-state index contributed by atoms with van der Waals surface area (Å²) in [6, 6.07) is 2.46. The topological polar surface area (TPSA) is 47.0 Å². The van der Waals surface area contributed by atoms with Crippen LogP contribution in [-0.2, 0) is 16.9 Å². The van der Waals surface area contributed by atoms with Crippen molar-refractivity contribution in [2.45, 2.75) is 59.7 Å². The van der Waals surface area contributed by atoms with E-state index in [2.05, 4.69) is 29.1 Å². The molecule has 0 fully saturated rings. The second-order valence-electron chi connectivity index (χ2n) is 5.30. The lowest BCUT2D eigenvalue weighted by molar-refractivity contribution is -0.0211. The van der Waals surface area contributed by atoms with Crippen molar-refractivity contribution in [1.29, 1.82) is 0 Å². The van der Waals surface area contributed by atoms with Crippen molar-refractivity contribution in [2.24, 2.45) is 0 Å². The lowest BCUT2D eigenvalue weighted by Crippen LogP contribution is -2.27. The molecule has 0 aromatic carbocycles. The predicted octanol–water partition coefficient (Wildman–Crippen LogP) is 2.55. The number of nitrogens with one attached hydrogen (secondary N) is 1. The molecule has 0 atom stereocenters. The summed E-state index contributed by atoms with van der Waals surface area (Å²) >= 11 is 0. The van der Waals surface area contributed by atoms with Gasteiger partial charge in [-0.25, -0.2) is 9.97 Å². The molecule has 0 amide bonds. The molecule has 1 N–H and O–H groups in total. The van der Waals surface area contributed by atoms with Crippen molar-refractivity contribution in [3.63, 3.8) is 0 Å². The van der Waals surface area contributed by atoms with Crippen LogP contribution in [0.15, 0.2) is 6.07 Å². The molecule has 0 saturated heterocycles. The van der Waals surface area contributed by atoms with Gasteiger partial charge in [0.15, 0.2) is 5.82 Å². The van der Waals surface area contributed by atoms with Crippen molar-refractivity contribution in [3.8, 4) is 0 Å². The number of aryl methyl sites for hydroxylation is 1. The number of nitrogens with zero attached hydrogens (tertiary/aromatic N) is 2. The van der Waals surface area contributed by atoms with Crippen LogP contribution in [0.25, 0.3) is 0 Å². The lowest BCUT2D eigenvalue weighted by atomic mass is 10.1. The summed E-state index contributed by atoms with van der Waals surface area (Å²) in [6.45, 7) is 13.7. The summed E-state index contributed by atoms with van der Waals surface area (Å²) < 4.78 is 5.71. The fourth-order valence-electron chi connectivity index (χ4n) is 1.73. The van der Waals surface area contributed by atoms with Crippen LogP contribution in [0.4, 0.5) is 0 Å². The fourth-order valence-corrected chi connectivity index (χ4v) is 1.73. The zero-order valence-corrected chi connectivity index (χ0v) is 12.4. The van der Waals surface area contributed by atoms with Crippen LogP contribution in [0.3, 0.4) is 0 Å². The Morgan fingerprint density at radius 2 is 2.00 bits per heavy atom. The van der Waals surface area contributed by atoms with Crippen LogP contribution >= 0.6 is 0 Å². The van der Waals surface area contributed by atoms with Crippen molar-refractivity contribution in [3.05, 3.63) is 23.3 Å². The molecule has 1 rings (SSSR count). The number of hydrogen-bond acceptors (Lipinski definition) is 4. The Labute approximate surface area is 110 Å². The van der Waals surface area contributed by atoms with Gasteiger partial charge in [-0.1, -0.05) is 13.8 Å². The van der Waals surface area contributed by atoms with E-state index in [9.17, 15) is 0 Å². The number of ether oxygens (including phenoxy) is 1. The average molecular weight is 251 g/mol. The highest BCUT2D eigenvalue weighted by molar-refractivity contribution is 5.13. The van der Waals surface area contributed by atoms with E-state index in [0.29, 0.717) is 12.6 Å². The zero-order valence-electron chi connectivity index (χ0n) is 12.4. The molecule has 0 spiro atoms. The summed E-state index contributed by atoms with van der Waals surface area (Å²) in [5, 5.41) is 3.37. The minimum atomic E-state index is -0.437. The first kappa shape index (κ1) is 15.1. The summed E-state index contributed by atoms with van der Waals surface area (Å²) in [5.74, 6) is 0.755. The molecule has 0 aliphatic heterocycles. The number of aromatic nitrogens is 2. The molecule has 0 bridgehead atoms. The summed E-state index contributed by atoms with van der Waals surface area (Å²) in [6.07, 6.45) is 0. The average Bonchev–Trinajstić information content (AvgIpc) is 2.25. The van der Waals surface area contributed by atoms with E-state index in [1.165, 1.54) is 0 Å². The van der Waals surface area contributed by atoms with Crippen LogP contribution < -0.4 is 5.32 Å². The molecule has 1 aromatic heterocycles. The first-order valence-electron chi connectivity index (χ1n) is 6.57. The quantitative estimate of drug-likeness (QED) is 0.844. The van der Waals surface area contributed by atoms with Gasteiger partial charge in [0.1, 0.15) is 5.60 Å². The largest absolute Gasteiger partial charge is 0.368 e. The maximum atomic E-state index is 5.71. The van der Waals surface area contributed by atoms with Gasteiger partial charge in [0.05, 0.1) is 5.69 Å². The van der Waals surface area contributed by atoms with Gasteiger partial charge in [0, 0.05) is 24.9 Å². The normalized spacial score (nSPS) is 12.2. The highest BCUT2D eigenvalue weighted by atomic mass is 16.5. The maximum Gasteiger partial charge on any atom is 0.160 e. The van der Waals surface area contributed by atoms with E-state index in [1.807, 2.05) is 33.8 Å². The molecule has 0 radical (unpaired) electrons. The highest BCUT2D eigenvalue weighted by Gasteiger charge is 2.24. The summed E-state index contributed by atoms with van der Waals surface area (Å²) in [7, 11) is 0. The molecule has 0 aliphatic rings. The first-order chi connectivity index (χ1) is 8.35. The second kappa shape index (κ2) is 6.25. The van der Waals surface area contributed by atoms with Gasteiger partial charge >= 0.3 is 0 Å². The van der Waals surface area contributed by atoms with Crippen molar-refractivity contribution >= 4 is 0 Å². The smallest absolute Gasteiger partial charge is 0.160 e.